The van der Waals surface area contributed by atoms with Crippen LogP contribution in [0.2, 0.25) is 0 Å². The van der Waals surface area contributed by atoms with E-state index in [4.69, 9.17) is 5.73 Å². The molecule has 98 valence electrons. The van der Waals surface area contributed by atoms with Gasteiger partial charge in [-0.05, 0) is 32.4 Å². The zero-order valence-electron chi connectivity index (χ0n) is 10.5. The number of carbonyl (C=O) groups is 1. The van der Waals surface area contributed by atoms with Gasteiger partial charge in [-0.2, -0.15) is 0 Å². The van der Waals surface area contributed by atoms with Gasteiger partial charge in [-0.3, -0.25) is 4.79 Å². The van der Waals surface area contributed by atoms with Crippen molar-refractivity contribution in [3.05, 3.63) is 29.8 Å². The summed E-state index contributed by atoms with van der Waals surface area (Å²) in [7, 11) is -3.59. The van der Waals surface area contributed by atoms with E-state index in [1.54, 1.807) is 31.2 Å². The van der Waals surface area contributed by atoms with Crippen LogP contribution in [-0.2, 0) is 14.8 Å². The molecule has 1 unspecified atom stereocenters. The van der Waals surface area contributed by atoms with Crippen molar-refractivity contribution >= 4 is 21.6 Å². The Labute approximate surface area is 107 Å². The number of para-hydroxylation sites is 1. The highest BCUT2D eigenvalue weighted by atomic mass is 32.2. The minimum atomic E-state index is -3.59. The van der Waals surface area contributed by atoms with Crippen molar-refractivity contribution in [3.8, 4) is 0 Å². The largest absolute Gasteiger partial charge is 0.398 e. The number of hydrogen-bond acceptors (Lipinski definition) is 4. The minimum Gasteiger partial charge on any atom is -0.398 e. The molecule has 0 aliphatic carbocycles. The molecule has 2 N–H and O–H groups in total. The summed E-state index contributed by atoms with van der Waals surface area (Å²) in [6, 6.07) is 6.38. The predicted octanol–water partition coefficient (Wildman–Crippen LogP) is 1.28. The van der Waals surface area contributed by atoms with Gasteiger partial charge < -0.3 is 5.73 Å². The quantitative estimate of drug-likeness (QED) is 0.819. The summed E-state index contributed by atoms with van der Waals surface area (Å²) in [5.41, 5.74) is 6.93. The Morgan fingerprint density at radius 1 is 1.28 bits per heavy atom. The first-order valence-electron chi connectivity index (χ1n) is 5.64. The summed E-state index contributed by atoms with van der Waals surface area (Å²) >= 11 is 0. The molecule has 1 amide bonds. The van der Waals surface area contributed by atoms with Gasteiger partial charge in [0.1, 0.15) is 0 Å². The average Bonchev–Trinajstić information content (AvgIpc) is 2.28. The van der Waals surface area contributed by atoms with Gasteiger partial charge >= 0.3 is 0 Å². The van der Waals surface area contributed by atoms with Crippen LogP contribution in [0, 0.1) is 0 Å². The lowest BCUT2D eigenvalue weighted by molar-refractivity contribution is -0.133. The summed E-state index contributed by atoms with van der Waals surface area (Å²) in [5.74, 6) is -0.391. The first-order valence-corrected chi connectivity index (χ1v) is 7.08. The molecule has 1 fully saturated rings. The molecular weight excluding hydrogens is 252 g/mol. The van der Waals surface area contributed by atoms with Crippen molar-refractivity contribution < 1.29 is 13.2 Å². The normalized spacial score (nSPS) is 22.4. The van der Waals surface area contributed by atoms with Crippen LogP contribution < -0.4 is 5.73 Å². The summed E-state index contributed by atoms with van der Waals surface area (Å²) in [6.07, 6.45) is 0. The second-order valence-electron chi connectivity index (χ2n) is 4.92. The molecule has 5 nitrogen and oxygen atoms in total. The summed E-state index contributed by atoms with van der Waals surface area (Å²) in [5, 5.41) is 0. The number of carbonyl (C=O) groups excluding carboxylic acids is 1. The molecule has 2 rings (SSSR count). The van der Waals surface area contributed by atoms with Crippen LogP contribution in [0.3, 0.4) is 0 Å². The molecule has 1 aliphatic rings. The molecular formula is C12H16N2O3S. The van der Waals surface area contributed by atoms with Gasteiger partial charge in [-0.15, -0.1) is 0 Å². The summed E-state index contributed by atoms with van der Waals surface area (Å²) in [6.45, 7) is 4.50. The lowest BCUT2D eigenvalue weighted by Gasteiger charge is -2.46. The summed E-state index contributed by atoms with van der Waals surface area (Å²) in [4.78, 5) is 11.9. The number of nitrogen functional groups attached to an aromatic ring is 1. The zero-order chi connectivity index (χ0) is 13.7. The third-order valence-electron chi connectivity index (χ3n) is 3.42. The Bertz CT molecular complexity index is 608. The van der Waals surface area contributed by atoms with Crippen molar-refractivity contribution in [3.63, 3.8) is 0 Å². The van der Waals surface area contributed by atoms with E-state index < -0.39 is 26.7 Å². The highest BCUT2D eigenvalue weighted by molar-refractivity contribution is 7.94. The predicted molar refractivity (Wildman–Crippen MR) is 69.1 cm³/mol. The zero-order valence-corrected chi connectivity index (χ0v) is 11.4. The first-order chi connectivity index (χ1) is 8.21. The van der Waals surface area contributed by atoms with E-state index in [0.29, 0.717) is 11.3 Å². The molecule has 18 heavy (non-hydrogen) atoms. The van der Waals surface area contributed by atoms with Crippen LogP contribution in [-0.4, -0.2) is 23.4 Å². The Hall–Kier alpha value is -1.56. The molecule has 0 radical (unpaired) electrons. The molecule has 0 bridgehead atoms. The maximum absolute atomic E-state index is 12.1. The number of rotatable bonds is 2. The first kappa shape index (κ1) is 12.9. The third kappa shape index (κ3) is 1.45. The molecule has 0 spiro atoms. The fourth-order valence-corrected chi connectivity index (χ4v) is 3.75. The number of nitrogens with two attached hydrogens (primary N) is 1. The second-order valence-corrected chi connectivity index (χ2v) is 7.29. The second kappa shape index (κ2) is 3.71. The lowest BCUT2D eigenvalue weighted by atomic mass is 10.0. The SMILES string of the molecule is CC(c1ccccc1N)N1C(=O)C(C)(C)S1(=O)=O. The Kier molecular flexibility index (Phi) is 2.66. The van der Waals surface area contributed by atoms with Gasteiger partial charge in [0.15, 0.2) is 4.75 Å². The Morgan fingerprint density at radius 2 is 1.83 bits per heavy atom. The standard InChI is InChI=1S/C12H16N2O3S/c1-8(9-6-4-5-7-10(9)13)14-11(15)12(2,3)18(14,16)17/h4-8H,13H2,1-3H3. The van der Waals surface area contributed by atoms with Crippen molar-refractivity contribution in [2.75, 3.05) is 5.73 Å². The molecule has 1 aliphatic heterocycles. The fourth-order valence-electron chi connectivity index (χ4n) is 2.09. The number of nitrogens with zero attached hydrogens (tertiary/aromatic N) is 1. The fraction of sp³-hybridized carbons (Fsp3) is 0.417. The van der Waals surface area contributed by atoms with Gasteiger partial charge in [0.2, 0.25) is 0 Å². The minimum absolute atomic E-state index is 0.391. The average molecular weight is 268 g/mol. The number of benzene rings is 1. The van der Waals surface area contributed by atoms with Gasteiger partial charge in [-0.1, -0.05) is 18.2 Å². The summed E-state index contributed by atoms with van der Waals surface area (Å²) < 4.78 is 23.7. The molecule has 1 aromatic rings. The van der Waals surface area contributed by atoms with E-state index in [0.717, 1.165) is 4.31 Å². The van der Waals surface area contributed by atoms with E-state index >= 15 is 0 Å². The van der Waals surface area contributed by atoms with Crippen LogP contribution in [0.25, 0.3) is 0 Å². The van der Waals surface area contributed by atoms with Crippen molar-refractivity contribution in [1.29, 1.82) is 0 Å². The van der Waals surface area contributed by atoms with Crippen LogP contribution >= 0.6 is 0 Å². The number of anilines is 1. The highest BCUT2D eigenvalue weighted by Crippen LogP contribution is 2.42. The van der Waals surface area contributed by atoms with Gasteiger partial charge in [0, 0.05) is 5.69 Å². The number of hydrogen-bond donors (Lipinski definition) is 1. The number of amides is 1. The van der Waals surface area contributed by atoms with Gasteiger partial charge in [-0.25, -0.2) is 12.7 Å². The van der Waals surface area contributed by atoms with Gasteiger partial charge in [0.25, 0.3) is 15.9 Å². The number of sulfonamides is 1. The van der Waals surface area contributed by atoms with Gasteiger partial charge in [0.05, 0.1) is 6.04 Å². The van der Waals surface area contributed by atoms with Crippen molar-refractivity contribution in [2.45, 2.75) is 31.6 Å². The van der Waals surface area contributed by atoms with E-state index in [1.165, 1.54) is 13.8 Å². The molecule has 6 heteroatoms. The van der Waals surface area contributed by atoms with Crippen molar-refractivity contribution in [2.24, 2.45) is 0 Å². The van der Waals surface area contributed by atoms with Crippen LogP contribution in [0.5, 0.6) is 0 Å². The van der Waals surface area contributed by atoms with Crippen LogP contribution in [0.15, 0.2) is 24.3 Å². The molecule has 1 aromatic carbocycles. The molecule has 1 heterocycles. The highest BCUT2D eigenvalue weighted by Gasteiger charge is 2.61. The smallest absolute Gasteiger partial charge is 0.259 e. The Balaban J connectivity index is 2.42. The Morgan fingerprint density at radius 3 is 2.33 bits per heavy atom. The maximum Gasteiger partial charge on any atom is 0.259 e. The van der Waals surface area contributed by atoms with E-state index in [-0.39, 0.29) is 0 Å². The van der Waals surface area contributed by atoms with E-state index in [1.807, 2.05) is 0 Å². The molecule has 1 saturated heterocycles. The molecule has 0 aromatic heterocycles. The molecule has 1 atom stereocenters. The van der Waals surface area contributed by atoms with Crippen LogP contribution in [0.1, 0.15) is 32.4 Å². The third-order valence-corrected chi connectivity index (χ3v) is 5.88. The molecule has 0 saturated carbocycles. The van der Waals surface area contributed by atoms with Crippen molar-refractivity contribution in [1.82, 2.24) is 4.31 Å². The maximum atomic E-state index is 12.1. The lowest BCUT2D eigenvalue weighted by Crippen LogP contribution is -2.67. The van der Waals surface area contributed by atoms with E-state index in [2.05, 4.69) is 0 Å². The van der Waals surface area contributed by atoms with E-state index in [9.17, 15) is 13.2 Å². The van der Waals surface area contributed by atoms with Crippen LogP contribution in [0.4, 0.5) is 5.69 Å². The topological polar surface area (TPSA) is 80.5 Å². The monoisotopic (exact) mass is 268 g/mol.